The van der Waals surface area contributed by atoms with E-state index in [1.807, 2.05) is 48.5 Å². The Bertz CT molecular complexity index is 1370. The van der Waals surface area contributed by atoms with Gasteiger partial charge in [-0.2, -0.15) is 4.98 Å². The van der Waals surface area contributed by atoms with Crippen molar-refractivity contribution in [3.8, 4) is 22.6 Å². The van der Waals surface area contributed by atoms with E-state index in [1.54, 1.807) is 45.0 Å². The van der Waals surface area contributed by atoms with Gasteiger partial charge in [-0.25, -0.2) is 9.78 Å². The Morgan fingerprint density at radius 3 is 2.49 bits per heavy atom. The molecule has 37 heavy (non-hydrogen) atoms. The molecule has 2 aromatic heterocycles. The zero-order chi connectivity index (χ0) is 26.0. The summed E-state index contributed by atoms with van der Waals surface area (Å²) in [5.41, 5.74) is 4.27. The van der Waals surface area contributed by atoms with Crippen molar-refractivity contribution in [1.82, 2.24) is 15.0 Å². The lowest BCUT2D eigenvalue weighted by Gasteiger charge is -2.14. The number of pyridine rings is 1. The van der Waals surface area contributed by atoms with Crippen molar-refractivity contribution in [3.63, 3.8) is 0 Å². The molecule has 2 aromatic carbocycles. The number of aliphatic carboxylic acids is 1. The van der Waals surface area contributed by atoms with Crippen LogP contribution in [0.2, 0.25) is 0 Å². The highest BCUT2D eigenvalue weighted by atomic mass is 16.5. The monoisotopic (exact) mass is 497 g/mol. The number of carboxylic acids is 1. The van der Waals surface area contributed by atoms with Gasteiger partial charge in [0.2, 0.25) is 5.95 Å². The van der Waals surface area contributed by atoms with E-state index in [0.717, 1.165) is 34.8 Å². The molecule has 0 fully saturated rings. The topological polar surface area (TPSA) is 118 Å². The number of ether oxygens (including phenoxy) is 2. The van der Waals surface area contributed by atoms with E-state index in [-0.39, 0.29) is 0 Å². The number of aromatic nitrogens is 3. The van der Waals surface area contributed by atoms with E-state index in [4.69, 9.17) is 19.6 Å². The summed E-state index contributed by atoms with van der Waals surface area (Å²) in [7, 11) is 3.18. The quantitative estimate of drug-likeness (QED) is 0.245. The van der Waals surface area contributed by atoms with Gasteiger partial charge in [0.1, 0.15) is 17.3 Å². The number of methoxy groups -OCH3 is 2. The summed E-state index contributed by atoms with van der Waals surface area (Å²) in [5.74, 6) is 1.31. The highest BCUT2D eigenvalue weighted by molar-refractivity contribution is 5.86. The van der Waals surface area contributed by atoms with Crippen LogP contribution in [-0.2, 0) is 11.2 Å². The van der Waals surface area contributed by atoms with Crippen LogP contribution < -0.4 is 20.1 Å². The fourth-order valence-corrected chi connectivity index (χ4v) is 3.65. The lowest BCUT2D eigenvalue weighted by molar-refractivity contribution is -0.131. The molecule has 9 heteroatoms. The van der Waals surface area contributed by atoms with E-state index in [0.29, 0.717) is 35.5 Å². The van der Waals surface area contributed by atoms with E-state index in [2.05, 4.69) is 20.6 Å². The summed E-state index contributed by atoms with van der Waals surface area (Å²) in [6, 6.07) is 16.9. The molecule has 0 bridgehead atoms. The van der Waals surface area contributed by atoms with Crippen LogP contribution in [-0.4, -0.2) is 46.8 Å². The largest absolute Gasteiger partial charge is 0.497 e. The second kappa shape index (κ2) is 12.2. The Morgan fingerprint density at radius 2 is 1.78 bits per heavy atom. The van der Waals surface area contributed by atoms with E-state index >= 15 is 0 Å². The molecule has 188 valence electrons. The number of nitrogens with one attached hydrogen (secondary N) is 2. The van der Waals surface area contributed by atoms with Crippen LogP contribution in [0.1, 0.15) is 11.1 Å². The van der Waals surface area contributed by atoms with Gasteiger partial charge in [0.25, 0.3) is 0 Å². The van der Waals surface area contributed by atoms with Crippen molar-refractivity contribution in [1.29, 1.82) is 0 Å². The number of carboxylic acid groups (broad SMARTS) is 1. The Balaban J connectivity index is 1.64. The minimum Gasteiger partial charge on any atom is -0.497 e. The molecule has 0 amide bonds. The predicted octanol–water partition coefficient (Wildman–Crippen LogP) is 5.05. The fourth-order valence-electron chi connectivity index (χ4n) is 3.65. The maximum atomic E-state index is 10.9. The zero-order valence-corrected chi connectivity index (χ0v) is 20.5. The fraction of sp³-hybridized carbons (Fsp3) is 0.143. The normalized spacial score (nSPS) is 10.8. The van der Waals surface area contributed by atoms with Crippen LogP contribution in [0.4, 0.5) is 17.5 Å². The Morgan fingerprint density at radius 1 is 1.03 bits per heavy atom. The van der Waals surface area contributed by atoms with Crippen LogP contribution in [0.15, 0.2) is 79.3 Å². The van der Waals surface area contributed by atoms with Crippen molar-refractivity contribution in [2.45, 2.75) is 6.42 Å². The first-order valence-corrected chi connectivity index (χ1v) is 11.6. The highest BCUT2D eigenvalue weighted by Gasteiger charge is 2.12. The molecule has 0 aliphatic carbocycles. The lowest BCUT2D eigenvalue weighted by Crippen LogP contribution is -2.09. The third-order valence-corrected chi connectivity index (χ3v) is 5.47. The van der Waals surface area contributed by atoms with Gasteiger partial charge < -0.3 is 25.2 Å². The van der Waals surface area contributed by atoms with Crippen LogP contribution in [0.25, 0.3) is 17.2 Å². The van der Waals surface area contributed by atoms with Crippen molar-refractivity contribution in [2.24, 2.45) is 0 Å². The lowest BCUT2D eigenvalue weighted by atomic mass is 10.0. The standard InChI is InChI=1S/C28H27N5O4/c1-36-23-15-22(16-24(17-23)37-2)32-28-31-18-25(21-5-3-4-20(14-21)6-7-26(34)35)27(33-28)30-13-10-19-8-11-29-12-9-19/h3-9,11-12,14-18H,10,13H2,1-2H3,(H,34,35)(H2,30,31,32,33). The average Bonchev–Trinajstić information content (AvgIpc) is 2.92. The number of hydrogen-bond acceptors (Lipinski definition) is 8. The second-order valence-corrected chi connectivity index (χ2v) is 8.01. The van der Waals surface area contributed by atoms with Gasteiger partial charge in [0, 0.05) is 60.7 Å². The van der Waals surface area contributed by atoms with Gasteiger partial charge in [-0.3, -0.25) is 4.98 Å². The summed E-state index contributed by atoms with van der Waals surface area (Å²) in [4.78, 5) is 24.3. The molecule has 4 aromatic rings. The minimum absolute atomic E-state index is 0.396. The predicted molar refractivity (Wildman–Crippen MR) is 143 cm³/mol. The Kier molecular flexibility index (Phi) is 8.28. The van der Waals surface area contributed by atoms with Crippen molar-refractivity contribution in [2.75, 3.05) is 31.4 Å². The third kappa shape index (κ3) is 7.04. The van der Waals surface area contributed by atoms with Crippen LogP contribution in [0.3, 0.4) is 0 Å². The molecule has 3 N–H and O–H groups in total. The third-order valence-electron chi connectivity index (χ3n) is 5.47. The maximum Gasteiger partial charge on any atom is 0.328 e. The van der Waals surface area contributed by atoms with Crippen molar-refractivity contribution in [3.05, 3.63) is 90.4 Å². The van der Waals surface area contributed by atoms with Gasteiger partial charge in [-0.05, 0) is 47.4 Å². The smallest absolute Gasteiger partial charge is 0.328 e. The molecule has 0 saturated heterocycles. The van der Waals surface area contributed by atoms with Crippen molar-refractivity contribution >= 4 is 29.5 Å². The number of rotatable bonds is 11. The molecule has 4 rings (SSSR count). The van der Waals surface area contributed by atoms with E-state index in [1.165, 1.54) is 0 Å². The number of carbonyl (C=O) groups is 1. The van der Waals surface area contributed by atoms with Crippen molar-refractivity contribution < 1.29 is 19.4 Å². The number of benzene rings is 2. The molecule has 9 nitrogen and oxygen atoms in total. The molecule has 0 radical (unpaired) electrons. The number of anilines is 3. The maximum absolute atomic E-state index is 10.9. The minimum atomic E-state index is -1.00. The molecule has 2 heterocycles. The molecule has 0 unspecified atom stereocenters. The molecule has 0 spiro atoms. The molecule has 0 atom stereocenters. The first-order chi connectivity index (χ1) is 18.0. The van der Waals surface area contributed by atoms with Gasteiger partial charge >= 0.3 is 5.97 Å². The molecular weight excluding hydrogens is 470 g/mol. The second-order valence-electron chi connectivity index (χ2n) is 8.01. The van der Waals surface area contributed by atoms with Gasteiger partial charge in [0.05, 0.1) is 14.2 Å². The number of hydrogen-bond donors (Lipinski definition) is 3. The molecule has 0 saturated carbocycles. The Hall–Kier alpha value is -4.92. The van der Waals surface area contributed by atoms with Crippen LogP contribution >= 0.6 is 0 Å². The SMILES string of the molecule is COc1cc(Nc2ncc(-c3cccc(C=CC(=O)O)c3)c(NCCc3ccncc3)n2)cc(OC)c1. The van der Waals surface area contributed by atoms with Gasteiger partial charge in [-0.15, -0.1) is 0 Å². The van der Waals surface area contributed by atoms with Crippen LogP contribution in [0.5, 0.6) is 11.5 Å². The Labute approximate surface area is 214 Å². The first kappa shape index (κ1) is 25.2. The summed E-state index contributed by atoms with van der Waals surface area (Å²) >= 11 is 0. The van der Waals surface area contributed by atoms with Crippen LogP contribution in [0, 0.1) is 0 Å². The summed E-state index contributed by atoms with van der Waals surface area (Å²) in [6.07, 6.45) is 8.72. The van der Waals surface area contributed by atoms with Gasteiger partial charge in [0.15, 0.2) is 0 Å². The highest BCUT2D eigenvalue weighted by Crippen LogP contribution is 2.30. The van der Waals surface area contributed by atoms with E-state index in [9.17, 15) is 4.79 Å². The zero-order valence-electron chi connectivity index (χ0n) is 20.5. The summed E-state index contributed by atoms with van der Waals surface area (Å²) in [5, 5.41) is 15.6. The average molecular weight is 498 g/mol. The molecule has 0 aliphatic heterocycles. The molecule has 0 aliphatic rings. The van der Waals surface area contributed by atoms with Gasteiger partial charge in [-0.1, -0.05) is 18.2 Å². The summed E-state index contributed by atoms with van der Waals surface area (Å²) in [6.45, 7) is 0.638. The number of nitrogens with zero attached hydrogens (tertiary/aromatic N) is 3. The van der Waals surface area contributed by atoms with E-state index < -0.39 is 5.97 Å². The molecular formula is C28H27N5O4. The first-order valence-electron chi connectivity index (χ1n) is 11.6. The summed E-state index contributed by atoms with van der Waals surface area (Å²) < 4.78 is 10.7.